The molecule has 0 bridgehead atoms. The zero-order chi connectivity index (χ0) is 19.5. The predicted molar refractivity (Wildman–Crippen MR) is 45.4 cm³/mol. The summed E-state index contributed by atoms with van der Waals surface area (Å²) in [6.45, 7) is 0. The summed E-state index contributed by atoms with van der Waals surface area (Å²) in [6.07, 6.45) is -7.51. The molecule has 1 atom stereocenters. The Bertz CT molecular complexity index is 564. The van der Waals surface area contributed by atoms with Crippen molar-refractivity contribution in [3.05, 3.63) is 0 Å². The topological polar surface area (TPSA) is 80.4 Å². The van der Waals surface area contributed by atoms with Crippen LogP contribution in [-0.4, -0.2) is 48.0 Å². The molecule has 0 saturated heterocycles. The van der Waals surface area contributed by atoms with Gasteiger partial charge in [0.1, 0.15) is 0 Å². The highest BCUT2D eigenvalue weighted by molar-refractivity contribution is 7.87. The summed E-state index contributed by atoms with van der Waals surface area (Å²) in [7, 11) is -7.16. The maximum Gasteiger partial charge on any atom is 0.460 e. The molecule has 0 aliphatic rings. The first kappa shape index (κ1) is 22.0. The molecule has 17 heteroatoms. The second kappa shape index (κ2) is 5.01. The minimum atomic E-state index is -8.05. The van der Waals surface area contributed by atoms with Crippen LogP contribution in [0.1, 0.15) is 0 Å². The van der Waals surface area contributed by atoms with Crippen LogP contribution in [0.15, 0.2) is 0 Å². The van der Waals surface area contributed by atoms with Gasteiger partial charge in [-0.3, -0.25) is 10.3 Å². The fourth-order valence-electron chi connectivity index (χ4n) is 0.948. The maximum absolute atomic E-state index is 12.9. The number of rotatable bonds is 5. The van der Waals surface area contributed by atoms with Gasteiger partial charge in [0.15, 0.2) is 0 Å². The van der Waals surface area contributed by atoms with Crippen LogP contribution >= 0.6 is 0 Å². The lowest BCUT2D eigenvalue weighted by molar-refractivity contribution is -0.428. The quantitative estimate of drug-likeness (QED) is 0.425. The van der Waals surface area contributed by atoms with Crippen LogP contribution in [0.3, 0.4) is 0 Å². The van der Waals surface area contributed by atoms with Gasteiger partial charge in [0, 0.05) is 0 Å². The Morgan fingerprint density at radius 2 is 0.870 bits per heavy atom. The molecule has 0 aromatic carbocycles. The van der Waals surface area contributed by atoms with Gasteiger partial charge in [0.25, 0.3) is 0 Å². The molecule has 0 radical (unpaired) electrons. The van der Waals surface area contributed by atoms with Crippen molar-refractivity contribution in [3.8, 4) is 0 Å². The average molecular weight is 397 g/mol. The van der Waals surface area contributed by atoms with Gasteiger partial charge in [0.2, 0.25) is 0 Å². The van der Waals surface area contributed by atoms with Gasteiger partial charge < -0.3 is 0 Å². The lowest BCUT2D eigenvalue weighted by Gasteiger charge is -2.39. The Morgan fingerprint density at radius 1 is 0.609 bits per heavy atom. The van der Waals surface area contributed by atoms with Crippen LogP contribution in [0.5, 0.6) is 0 Å². The van der Waals surface area contributed by atoms with Gasteiger partial charge in [-0.15, -0.1) is 0 Å². The van der Waals surface area contributed by atoms with Crippen molar-refractivity contribution < 1.29 is 65.7 Å². The van der Waals surface area contributed by atoms with E-state index < -0.39 is 45.1 Å². The third-order valence-electron chi connectivity index (χ3n) is 2.34. The van der Waals surface area contributed by atoms with E-state index in [4.69, 9.17) is 4.55 Å². The van der Waals surface area contributed by atoms with E-state index in [9.17, 15) is 61.1 Å². The smallest absolute Gasteiger partial charge is 0.282 e. The second-order valence-electron chi connectivity index (χ2n) is 3.92. The van der Waals surface area contributed by atoms with Crippen LogP contribution in [0, 0.1) is 0 Å². The highest BCUT2D eigenvalue weighted by Gasteiger charge is 2.91. The minimum Gasteiger partial charge on any atom is -0.282 e. The molecule has 1 unspecified atom stereocenters. The van der Waals surface area contributed by atoms with Crippen LogP contribution < -0.4 is 5.73 Å². The number of nitrogens with two attached hydrogens (primary N) is 1. The summed E-state index contributed by atoms with van der Waals surface area (Å²) in [4.78, 5) is 0. The molecule has 23 heavy (non-hydrogen) atoms. The Hall–Kier alpha value is -0.970. The fourth-order valence-corrected chi connectivity index (χ4v) is 1.40. The van der Waals surface area contributed by atoms with E-state index in [1.165, 1.54) is 0 Å². The first-order valence-electron chi connectivity index (χ1n) is 4.53. The Labute approximate surface area is 118 Å². The molecule has 0 heterocycles. The minimum absolute atomic E-state index is 3.41. The average Bonchev–Trinajstić information content (AvgIpc) is 2.24. The number of halogens is 12. The van der Waals surface area contributed by atoms with Crippen molar-refractivity contribution in [2.45, 2.75) is 35.0 Å². The Morgan fingerprint density at radius 3 is 1.09 bits per heavy atom. The standard InChI is InChI=1S/C6H3F12NO3S/c7-1(8,3(11,12)5(15,16)17)2(9,10)4(13,14)6(18,19)23(20,21)22/h19H2,(H,20,21,22). The predicted octanol–water partition coefficient (Wildman–Crippen LogP) is 2.56. The van der Waals surface area contributed by atoms with E-state index >= 15 is 0 Å². The highest BCUT2D eigenvalue weighted by atomic mass is 32.2. The number of hydrogen-bond donors (Lipinski definition) is 2. The van der Waals surface area contributed by atoms with E-state index in [2.05, 4.69) is 5.73 Å². The Kier molecular flexibility index (Phi) is 4.80. The molecular formula is C6H3F12NO3S. The van der Waals surface area contributed by atoms with Crippen molar-refractivity contribution in [2.75, 3.05) is 0 Å². The molecule has 140 valence electrons. The summed E-state index contributed by atoms with van der Waals surface area (Å²) in [5.74, 6) is -31.5. The molecule has 4 nitrogen and oxygen atoms in total. The van der Waals surface area contributed by atoms with Gasteiger partial charge >= 0.3 is 45.1 Å². The van der Waals surface area contributed by atoms with Crippen molar-refractivity contribution in [3.63, 3.8) is 0 Å². The van der Waals surface area contributed by atoms with E-state index in [0.717, 1.165) is 0 Å². The van der Waals surface area contributed by atoms with Crippen molar-refractivity contribution >= 4 is 10.1 Å². The molecule has 0 saturated carbocycles. The van der Waals surface area contributed by atoms with Crippen LogP contribution in [0.25, 0.3) is 0 Å². The molecule has 0 spiro atoms. The normalized spacial score (nSPS) is 18.7. The third-order valence-corrected chi connectivity index (χ3v) is 3.35. The van der Waals surface area contributed by atoms with E-state index in [1.807, 2.05) is 0 Å². The molecule has 0 aromatic heterocycles. The largest absolute Gasteiger partial charge is 0.460 e. The Balaban J connectivity index is 6.48. The summed E-state index contributed by atoms with van der Waals surface area (Å²) in [5.41, 5.74) is 3.41. The molecule has 3 N–H and O–H groups in total. The number of hydrogen-bond acceptors (Lipinski definition) is 3. The molecule has 0 aromatic rings. The van der Waals surface area contributed by atoms with Crippen molar-refractivity contribution in [2.24, 2.45) is 5.73 Å². The van der Waals surface area contributed by atoms with Crippen LogP contribution in [-0.2, 0) is 10.1 Å². The SMILES string of the molecule is NC(F)(C(F)(F)C(F)(F)C(F)(F)C(F)(F)C(F)(F)F)S(=O)(=O)O. The monoisotopic (exact) mass is 397 g/mol. The molecule has 0 aliphatic carbocycles. The van der Waals surface area contributed by atoms with Gasteiger partial charge in [-0.1, -0.05) is 0 Å². The first-order chi connectivity index (χ1) is 9.50. The van der Waals surface area contributed by atoms with Crippen LogP contribution in [0.4, 0.5) is 52.7 Å². The first-order valence-corrected chi connectivity index (χ1v) is 5.97. The van der Waals surface area contributed by atoms with Gasteiger partial charge in [-0.25, -0.2) is 0 Å². The van der Waals surface area contributed by atoms with E-state index in [-0.39, 0.29) is 0 Å². The lowest BCUT2D eigenvalue weighted by Crippen LogP contribution is -2.74. The summed E-state index contributed by atoms with van der Waals surface area (Å²) >= 11 is 0. The zero-order valence-corrected chi connectivity index (χ0v) is 10.6. The van der Waals surface area contributed by atoms with E-state index in [0.29, 0.717) is 0 Å². The number of alkyl halides is 12. The summed E-state index contributed by atoms with van der Waals surface area (Å²) < 4.78 is 178. The van der Waals surface area contributed by atoms with Crippen LogP contribution in [0.2, 0.25) is 0 Å². The van der Waals surface area contributed by atoms with Gasteiger partial charge in [-0.05, 0) is 0 Å². The second-order valence-corrected chi connectivity index (χ2v) is 5.46. The molecular weight excluding hydrogens is 394 g/mol. The molecule has 0 rings (SSSR count). The third kappa shape index (κ3) is 2.71. The van der Waals surface area contributed by atoms with Crippen molar-refractivity contribution in [1.82, 2.24) is 0 Å². The zero-order valence-electron chi connectivity index (χ0n) is 9.78. The van der Waals surface area contributed by atoms with Gasteiger partial charge in [-0.2, -0.15) is 61.1 Å². The lowest BCUT2D eigenvalue weighted by atomic mass is 9.97. The van der Waals surface area contributed by atoms with Crippen molar-refractivity contribution in [1.29, 1.82) is 0 Å². The maximum atomic E-state index is 12.9. The summed E-state index contributed by atoms with van der Waals surface area (Å²) in [5, 5.41) is -6.52. The molecule has 0 amide bonds. The van der Waals surface area contributed by atoms with E-state index in [1.54, 1.807) is 0 Å². The summed E-state index contributed by atoms with van der Waals surface area (Å²) in [6, 6.07) is 0. The van der Waals surface area contributed by atoms with Gasteiger partial charge in [0.05, 0.1) is 0 Å². The fraction of sp³-hybridized carbons (Fsp3) is 1.00. The molecule has 0 fully saturated rings. The highest BCUT2D eigenvalue weighted by Crippen LogP contribution is 2.59. The molecule has 0 aliphatic heterocycles.